The molecule has 0 fully saturated rings. The summed E-state index contributed by atoms with van der Waals surface area (Å²) >= 11 is 0. The third-order valence-corrected chi connectivity index (χ3v) is 2.82. The summed E-state index contributed by atoms with van der Waals surface area (Å²) in [5, 5.41) is 12.1. The number of halogens is 1. The molecule has 0 heterocycles. The number of nitrogens with one attached hydrogen (secondary N) is 1. The maximum atomic E-state index is 13.0. The number of hydrogen-bond acceptors (Lipinski definition) is 3. The van der Waals surface area contributed by atoms with Crippen LogP contribution in [0.5, 0.6) is 11.5 Å². The van der Waals surface area contributed by atoms with E-state index in [2.05, 4.69) is 5.32 Å². The van der Waals surface area contributed by atoms with Gasteiger partial charge in [-0.15, -0.1) is 0 Å². The van der Waals surface area contributed by atoms with Crippen LogP contribution in [0.4, 0.5) is 4.39 Å². The molecule has 2 aromatic rings. The molecule has 0 aliphatic heterocycles. The van der Waals surface area contributed by atoms with Crippen LogP contribution >= 0.6 is 0 Å². The van der Waals surface area contributed by atoms with Crippen LogP contribution < -0.4 is 10.1 Å². The number of aromatic hydroxyl groups is 1. The van der Waals surface area contributed by atoms with E-state index < -0.39 is 11.7 Å². The van der Waals surface area contributed by atoms with E-state index in [-0.39, 0.29) is 17.9 Å². The normalized spacial score (nSPS) is 10.1. The predicted octanol–water partition coefficient (Wildman–Crippen LogP) is 2.47. The Balaban J connectivity index is 2.02. The summed E-state index contributed by atoms with van der Waals surface area (Å²) < 4.78 is 18.1. The molecule has 2 rings (SSSR count). The highest BCUT2D eigenvalue weighted by Gasteiger charge is 2.11. The summed E-state index contributed by atoms with van der Waals surface area (Å²) in [7, 11) is 1.57. The van der Waals surface area contributed by atoms with E-state index >= 15 is 0 Å². The van der Waals surface area contributed by atoms with Gasteiger partial charge in [0.1, 0.15) is 17.3 Å². The highest BCUT2D eigenvalue weighted by Crippen LogP contribution is 2.18. The number of phenols is 1. The second-order valence-corrected chi connectivity index (χ2v) is 4.19. The second-order valence-electron chi connectivity index (χ2n) is 4.19. The Labute approximate surface area is 115 Å². The van der Waals surface area contributed by atoms with Crippen molar-refractivity contribution < 1.29 is 19.0 Å². The van der Waals surface area contributed by atoms with Gasteiger partial charge < -0.3 is 15.2 Å². The average molecular weight is 275 g/mol. The van der Waals surface area contributed by atoms with Gasteiger partial charge in [0, 0.05) is 6.54 Å². The highest BCUT2D eigenvalue weighted by molar-refractivity contribution is 5.96. The van der Waals surface area contributed by atoms with Gasteiger partial charge in [0.25, 0.3) is 5.91 Å². The molecule has 0 aliphatic rings. The lowest BCUT2D eigenvalue weighted by molar-refractivity contribution is 0.0947. The molecule has 20 heavy (non-hydrogen) atoms. The van der Waals surface area contributed by atoms with E-state index in [1.165, 1.54) is 0 Å². The Bertz CT molecular complexity index is 611. The SMILES string of the molecule is COc1ccc(CNC(=O)c2cc(F)ccc2O)cc1. The van der Waals surface area contributed by atoms with E-state index in [1.54, 1.807) is 19.2 Å². The lowest BCUT2D eigenvalue weighted by Crippen LogP contribution is -2.23. The van der Waals surface area contributed by atoms with E-state index in [0.29, 0.717) is 0 Å². The fourth-order valence-corrected chi connectivity index (χ4v) is 1.71. The second kappa shape index (κ2) is 6.06. The van der Waals surface area contributed by atoms with E-state index in [4.69, 9.17) is 4.74 Å². The Morgan fingerprint density at radius 2 is 1.95 bits per heavy atom. The molecule has 0 saturated heterocycles. The van der Waals surface area contributed by atoms with Gasteiger partial charge in [0.05, 0.1) is 12.7 Å². The van der Waals surface area contributed by atoms with Gasteiger partial charge in [-0.1, -0.05) is 12.1 Å². The standard InChI is InChI=1S/C15H14FNO3/c1-20-12-5-2-10(3-6-12)9-17-15(19)13-8-11(16)4-7-14(13)18/h2-8,18H,9H2,1H3,(H,17,19). The molecular weight excluding hydrogens is 261 g/mol. The molecule has 2 aromatic carbocycles. The molecule has 2 N–H and O–H groups in total. The van der Waals surface area contributed by atoms with Crippen LogP contribution in [0.25, 0.3) is 0 Å². The summed E-state index contributed by atoms with van der Waals surface area (Å²) in [6.45, 7) is 0.277. The van der Waals surface area contributed by atoms with Gasteiger partial charge >= 0.3 is 0 Å². The Morgan fingerprint density at radius 1 is 1.25 bits per heavy atom. The zero-order chi connectivity index (χ0) is 14.5. The minimum atomic E-state index is -0.572. The minimum Gasteiger partial charge on any atom is -0.507 e. The largest absolute Gasteiger partial charge is 0.507 e. The predicted molar refractivity (Wildman–Crippen MR) is 72.2 cm³/mol. The van der Waals surface area contributed by atoms with Crippen molar-refractivity contribution in [2.24, 2.45) is 0 Å². The number of phenolic OH excluding ortho intramolecular Hbond substituents is 1. The molecule has 0 radical (unpaired) electrons. The fraction of sp³-hybridized carbons (Fsp3) is 0.133. The molecule has 0 unspecified atom stereocenters. The number of carbonyl (C=O) groups excluding carboxylic acids is 1. The van der Waals surface area contributed by atoms with Gasteiger partial charge in [-0.05, 0) is 35.9 Å². The number of ether oxygens (including phenoxy) is 1. The number of hydrogen-bond donors (Lipinski definition) is 2. The topological polar surface area (TPSA) is 58.6 Å². The summed E-state index contributed by atoms with van der Waals surface area (Å²) in [6.07, 6.45) is 0. The van der Waals surface area contributed by atoms with Crippen molar-refractivity contribution in [2.45, 2.75) is 6.54 Å². The van der Waals surface area contributed by atoms with Crippen molar-refractivity contribution in [1.82, 2.24) is 5.32 Å². The quantitative estimate of drug-likeness (QED) is 0.901. The van der Waals surface area contributed by atoms with Crippen LogP contribution in [0, 0.1) is 5.82 Å². The first-order valence-electron chi connectivity index (χ1n) is 6.00. The van der Waals surface area contributed by atoms with Crippen molar-refractivity contribution in [3.05, 3.63) is 59.4 Å². The van der Waals surface area contributed by atoms with E-state index in [9.17, 15) is 14.3 Å². The number of benzene rings is 2. The summed E-state index contributed by atoms with van der Waals surface area (Å²) in [6, 6.07) is 10.4. The first-order valence-corrected chi connectivity index (χ1v) is 6.00. The molecule has 5 heteroatoms. The Morgan fingerprint density at radius 3 is 2.60 bits per heavy atom. The van der Waals surface area contributed by atoms with Crippen LogP contribution in [-0.2, 0) is 6.54 Å². The summed E-state index contributed by atoms with van der Waals surface area (Å²) in [5.74, 6) is -0.628. The fourth-order valence-electron chi connectivity index (χ4n) is 1.71. The molecule has 0 aliphatic carbocycles. The minimum absolute atomic E-state index is 0.0847. The monoisotopic (exact) mass is 275 g/mol. The smallest absolute Gasteiger partial charge is 0.255 e. The first kappa shape index (κ1) is 13.9. The number of rotatable bonds is 4. The van der Waals surface area contributed by atoms with Crippen molar-refractivity contribution in [3.63, 3.8) is 0 Å². The van der Waals surface area contributed by atoms with Crippen molar-refractivity contribution >= 4 is 5.91 Å². The summed E-state index contributed by atoms with van der Waals surface area (Å²) in [5.41, 5.74) is 0.786. The molecule has 4 nitrogen and oxygen atoms in total. The van der Waals surface area contributed by atoms with Gasteiger partial charge in [-0.25, -0.2) is 4.39 Å². The van der Waals surface area contributed by atoms with Gasteiger partial charge in [-0.3, -0.25) is 4.79 Å². The van der Waals surface area contributed by atoms with Crippen LogP contribution in [0.15, 0.2) is 42.5 Å². The summed E-state index contributed by atoms with van der Waals surface area (Å²) in [4.78, 5) is 11.9. The molecule has 0 saturated carbocycles. The lowest BCUT2D eigenvalue weighted by atomic mass is 10.1. The van der Waals surface area contributed by atoms with E-state index in [1.807, 2.05) is 12.1 Å². The highest BCUT2D eigenvalue weighted by atomic mass is 19.1. The van der Waals surface area contributed by atoms with Crippen molar-refractivity contribution in [1.29, 1.82) is 0 Å². The zero-order valence-corrected chi connectivity index (χ0v) is 10.9. The molecule has 0 aromatic heterocycles. The Kier molecular flexibility index (Phi) is 4.20. The van der Waals surface area contributed by atoms with Crippen LogP contribution in [0.2, 0.25) is 0 Å². The Hall–Kier alpha value is -2.56. The maximum Gasteiger partial charge on any atom is 0.255 e. The number of methoxy groups -OCH3 is 1. The van der Waals surface area contributed by atoms with Crippen LogP contribution in [0.1, 0.15) is 15.9 Å². The average Bonchev–Trinajstić information content (AvgIpc) is 2.47. The third-order valence-electron chi connectivity index (χ3n) is 2.82. The maximum absolute atomic E-state index is 13.0. The molecular formula is C15H14FNO3. The molecule has 1 amide bonds. The molecule has 104 valence electrons. The number of carbonyl (C=O) groups is 1. The van der Waals surface area contributed by atoms with Gasteiger partial charge in [0.15, 0.2) is 0 Å². The van der Waals surface area contributed by atoms with Gasteiger partial charge in [-0.2, -0.15) is 0 Å². The first-order chi connectivity index (χ1) is 9.60. The third kappa shape index (κ3) is 3.26. The van der Waals surface area contributed by atoms with Crippen molar-refractivity contribution in [2.75, 3.05) is 7.11 Å². The van der Waals surface area contributed by atoms with Crippen LogP contribution in [0.3, 0.4) is 0 Å². The van der Waals surface area contributed by atoms with Crippen LogP contribution in [-0.4, -0.2) is 18.1 Å². The molecule has 0 bridgehead atoms. The lowest BCUT2D eigenvalue weighted by Gasteiger charge is -2.07. The van der Waals surface area contributed by atoms with E-state index in [0.717, 1.165) is 29.5 Å². The van der Waals surface area contributed by atoms with Crippen molar-refractivity contribution in [3.8, 4) is 11.5 Å². The molecule has 0 spiro atoms. The molecule has 0 atom stereocenters. The van der Waals surface area contributed by atoms with Gasteiger partial charge in [0.2, 0.25) is 0 Å². The number of amides is 1. The zero-order valence-electron chi connectivity index (χ0n) is 10.9.